The smallest absolute Gasteiger partial charge is 0.281 e. The lowest BCUT2D eigenvalue weighted by Gasteiger charge is -2.24. The van der Waals surface area contributed by atoms with Crippen LogP contribution >= 0.6 is 0 Å². The minimum atomic E-state index is -0.529. The van der Waals surface area contributed by atoms with Crippen LogP contribution in [0.2, 0.25) is 0 Å². The van der Waals surface area contributed by atoms with Gasteiger partial charge in [-0.1, -0.05) is 17.3 Å². The van der Waals surface area contributed by atoms with E-state index >= 15 is 0 Å². The first kappa shape index (κ1) is 16.4. The minimum absolute atomic E-state index is 0.0632. The predicted octanol–water partition coefficient (Wildman–Crippen LogP) is 1.27. The number of fused-ring (bicyclic) bond motifs is 1. The molecule has 3 heterocycles. The Bertz CT molecular complexity index is 1040. The van der Waals surface area contributed by atoms with Crippen LogP contribution in [-0.4, -0.2) is 48.4 Å². The summed E-state index contributed by atoms with van der Waals surface area (Å²) in [4.78, 5) is 33.2. The van der Waals surface area contributed by atoms with E-state index in [0.29, 0.717) is 24.6 Å². The van der Waals surface area contributed by atoms with Crippen molar-refractivity contribution < 1.29 is 9.18 Å². The summed E-state index contributed by atoms with van der Waals surface area (Å²) in [5, 5.41) is 7.90. The van der Waals surface area contributed by atoms with Crippen LogP contribution < -0.4 is 5.56 Å². The van der Waals surface area contributed by atoms with Gasteiger partial charge in [-0.05, 0) is 31.9 Å². The lowest BCUT2D eigenvalue weighted by Crippen LogP contribution is -2.38. The van der Waals surface area contributed by atoms with Crippen molar-refractivity contribution in [2.45, 2.75) is 32.4 Å². The minimum Gasteiger partial charge on any atom is -0.334 e. The molecule has 4 rings (SSSR count). The molecule has 0 spiro atoms. The second-order valence-corrected chi connectivity index (χ2v) is 6.37. The summed E-state index contributed by atoms with van der Waals surface area (Å²) in [5.74, 6) is -0.396. The Morgan fingerprint density at radius 2 is 2.19 bits per heavy atom. The molecule has 1 amide bonds. The van der Waals surface area contributed by atoms with Crippen LogP contribution in [0.5, 0.6) is 0 Å². The number of aryl methyl sites for hydroxylation is 1. The SMILES string of the molecule is Cc1nc2c(nnn2C[C@H]2CCCN2C(=O)c2ccccc2F)c(=O)[nH]1. The van der Waals surface area contributed by atoms with Crippen molar-refractivity contribution in [3.8, 4) is 0 Å². The number of likely N-dealkylation sites (tertiary alicyclic amines) is 1. The zero-order chi connectivity index (χ0) is 18.3. The zero-order valence-electron chi connectivity index (χ0n) is 14.1. The summed E-state index contributed by atoms with van der Waals surface area (Å²) in [7, 11) is 0. The highest BCUT2D eigenvalue weighted by Gasteiger charge is 2.31. The fourth-order valence-electron chi connectivity index (χ4n) is 3.38. The first-order valence-corrected chi connectivity index (χ1v) is 8.40. The van der Waals surface area contributed by atoms with E-state index in [-0.39, 0.29) is 28.6 Å². The summed E-state index contributed by atoms with van der Waals surface area (Å²) in [6, 6.07) is 5.81. The van der Waals surface area contributed by atoms with Gasteiger partial charge in [0.25, 0.3) is 11.5 Å². The molecule has 1 aromatic carbocycles. The van der Waals surface area contributed by atoms with Crippen molar-refractivity contribution in [3.63, 3.8) is 0 Å². The number of aromatic amines is 1. The zero-order valence-corrected chi connectivity index (χ0v) is 14.1. The third-order valence-corrected chi connectivity index (χ3v) is 4.62. The highest BCUT2D eigenvalue weighted by atomic mass is 19.1. The van der Waals surface area contributed by atoms with Crippen LogP contribution in [0, 0.1) is 12.7 Å². The summed E-state index contributed by atoms with van der Waals surface area (Å²) in [6.45, 7) is 2.59. The van der Waals surface area contributed by atoms with Crippen molar-refractivity contribution in [3.05, 3.63) is 51.8 Å². The Morgan fingerprint density at radius 1 is 1.38 bits per heavy atom. The number of amides is 1. The van der Waals surface area contributed by atoms with Gasteiger partial charge in [-0.2, -0.15) is 0 Å². The van der Waals surface area contributed by atoms with Crippen LogP contribution in [0.15, 0.2) is 29.1 Å². The molecule has 1 fully saturated rings. The van der Waals surface area contributed by atoms with Gasteiger partial charge in [-0.25, -0.2) is 14.1 Å². The van der Waals surface area contributed by atoms with Crippen molar-refractivity contribution >= 4 is 17.1 Å². The predicted molar refractivity (Wildman–Crippen MR) is 91.1 cm³/mol. The number of carbonyl (C=O) groups is 1. The summed E-state index contributed by atoms with van der Waals surface area (Å²) < 4.78 is 15.5. The maximum atomic E-state index is 14.0. The molecule has 3 aromatic rings. The molecule has 1 aliphatic rings. The standard InChI is InChI=1S/C17H17FN6O2/c1-10-19-15-14(16(25)20-10)21-22-24(15)9-11-5-4-8-23(11)17(26)12-6-2-3-7-13(12)18/h2-3,6-7,11H,4-5,8-9H2,1H3,(H,19,20,25)/t11-/m1/s1. The lowest BCUT2D eigenvalue weighted by atomic mass is 10.1. The van der Waals surface area contributed by atoms with Gasteiger partial charge in [-0.15, -0.1) is 5.10 Å². The molecule has 1 atom stereocenters. The van der Waals surface area contributed by atoms with Crippen LogP contribution in [0.1, 0.15) is 29.0 Å². The first-order chi connectivity index (χ1) is 12.5. The summed E-state index contributed by atoms with van der Waals surface area (Å²) in [5.41, 5.74) is 0.273. The molecule has 0 unspecified atom stereocenters. The first-order valence-electron chi connectivity index (χ1n) is 8.40. The molecule has 9 heteroatoms. The Labute approximate surface area is 147 Å². The molecular weight excluding hydrogens is 339 g/mol. The Kier molecular flexibility index (Phi) is 3.98. The molecule has 2 aromatic heterocycles. The van der Waals surface area contributed by atoms with Crippen molar-refractivity contribution in [1.82, 2.24) is 29.9 Å². The van der Waals surface area contributed by atoms with Gasteiger partial charge in [0.2, 0.25) is 0 Å². The summed E-state index contributed by atoms with van der Waals surface area (Å²) >= 11 is 0. The van der Waals surface area contributed by atoms with Gasteiger partial charge < -0.3 is 9.88 Å². The van der Waals surface area contributed by atoms with Crippen molar-refractivity contribution in [1.29, 1.82) is 0 Å². The number of H-pyrrole nitrogens is 1. The number of aromatic nitrogens is 5. The van der Waals surface area contributed by atoms with E-state index in [0.717, 1.165) is 12.8 Å². The van der Waals surface area contributed by atoms with E-state index in [9.17, 15) is 14.0 Å². The third-order valence-electron chi connectivity index (χ3n) is 4.62. The second-order valence-electron chi connectivity index (χ2n) is 6.37. The van der Waals surface area contributed by atoms with Crippen molar-refractivity contribution in [2.24, 2.45) is 0 Å². The summed E-state index contributed by atoms with van der Waals surface area (Å²) in [6.07, 6.45) is 1.59. The van der Waals surface area contributed by atoms with Crippen LogP contribution in [-0.2, 0) is 6.54 Å². The average Bonchev–Trinajstić information content (AvgIpc) is 3.23. The molecular formula is C17H17FN6O2. The maximum Gasteiger partial charge on any atom is 0.281 e. The highest BCUT2D eigenvalue weighted by Crippen LogP contribution is 2.23. The molecule has 134 valence electrons. The van der Waals surface area contributed by atoms with Gasteiger partial charge in [0.15, 0.2) is 11.2 Å². The average molecular weight is 356 g/mol. The number of rotatable bonds is 3. The van der Waals surface area contributed by atoms with Gasteiger partial charge in [-0.3, -0.25) is 9.59 Å². The number of hydrogen-bond donors (Lipinski definition) is 1. The lowest BCUT2D eigenvalue weighted by molar-refractivity contribution is 0.0717. The molecule has 0 radical (unpaired) electrons. The van der Waals surface area contributed by atoms with Crippen LogP contribution in [0.25, 0.3) is 11.2 Å². The monoisotopic (exact) mass is 356 g/mol. The number of carbonyl (C=O) groups excluding carboxylic acids is 1. The van der Waals surface area contributed by atoms with Crippen molar-refractivity contribution in [2.75, 3.05) is 6.54 Å². The van der Waals surface area contributed by atoms with Crippen LogP contribution in [0.4, 0.5) is 4.39 Å². The van der Waals surface area contributed by atoms with Crippen LogP contribution in [0.3, 0.4) is 0 Å². The van der Waals surface area contributed by atoms with Gasteiger partial charge in [0.05, 0.1) is 18.2 Å². The second kappa shape index (κ2) is 6.32. The van der Waals surface area contributed by atoms with E-state index in [1.807, 2.05) is 0 Å². The number of halogens is 1. The molecule has 1 saturated heterocycles. The van der Waals surface area contributed by atoms with Gasteiger partial charge in [0, 0.05) is 6.54 Å². The molecule has 1 N–H and O–H groups in total. The molecule has 0 aliphatic carbocycles. The maximum absolute atomic E-state index is 14.0. The molecule has 0 bridgehead atoms. The topological polar surface area (TPSA) is 96.8 Å². The molecule has 8 nitrogen and oxygen atoms in total. The fraction of sp³-hybridized carbons (Fsp3) is 0.353. The Balaban J connectivity index is 1.63. The fourth-order valence-corrected chi connectivity index (χ4v) is 3.38. The van der Waals surface area contributed by atoms with E-state index in [4.69, 9.17) is 0 Å². The van der Waals surface area contributed by atoms with Gasteiger partial charge >= 0.3 is 0 Å². The molecule has 0 saturated carbocycles. The number of nitrogens with one attached hydrogen (secondary N) is 1. The van der Waals surface area contributed by atoms with E-state index in [1.165, 1.54) is 16.8 Å². The number of benzene rings is 1. The Morgan fingerprint density at radius 3 is 3.00 bits per heavy atom. The van der Waals surface area contributed by atoms with E-state index < -0.39 is 5.82 Å². The molecule has 26 heavy (non-hydrogen) atoms. The molecule has 1 aliphatic heterocycles. The highest BCUT2D eigenvalue weighted by molar-refractivity contribution is 5.94. The quantitative estimate of drug-likeness (QED) is 0.762. The largest absolute Gasteiger partial charge is 0.334 e. The number of nitrogens with zero attached hydrogens (tertiary/aromatic N) is 5. The van der Waals surface area contributed by atoms with E-state index in [2.05, 4.69) is 20.3 Å². The Hall–Kier alpha value is -3.10. The van der Waals surface area contributed by atoms with Gasteiger partial charge in [0.1, 0.15) is 11.6 Å². The number of hydrogen-bond acceptors (Lipinski definition) is 5. The van der Waals surface area contributed by atoms with E-state index in [1.54, 1.807) is 24.0 Å². The third kappa shape index (κ3) is 2.75. The normalized spacial score (nSPS) is 17.2.